The summed E-state index contributed by atoms with van der Waals surface area (Å²) in [5, 5.41) is 0. The molecule has 0 aliphatic rings. The Balaban J connectivity index is 3.27. The maximum Gasteiger partial charge on any atom is 0.305 e. The van der Waals surface area contributed by atoms with Crippen molar-refractivity contribution in [3.05, 3.63) is 12.2 Å². The van der Waals surface area contributed by atoms with Crippen LogP contribution in [0.4, 0.5) is 0 Å². The molecular formula is C16H30O2. The smallest absolute Gasteiger partial charge is 0.305 e. The number of ether oxygens (including phenoxy) is 1. The van der Waals surface area contributed by atoms with E-state index in [0.29, 0.717) is 18.9 Å². The fraction of sp³-hybridized carbons (Fsp3) is 0.812. The van der Waals surface area contributed by atoms with Gasteiger partial charge in [0.2, 0.25) is 0 Å². The topological polar surface area (TPSA) is 26.3 Å². The Morgan fingerprint density at radius 1 is 1.11 bits per heavy atom. The highest BCUT2D eigenvalue weighted by molar-refractivity contribution is 5.69. The zero-order valence-electron chi connectivity index (χ0n) is 12.4. The molecule has 0 rings (SSSR count). The van der Waals surface area contributed by atoms with E-state index < -0.39 is 0 Å². The minimum Gasteiger partial charge on any atom is -0.466 e. The monoisotopic (exact) mass is 254 g/mol. The quantitative estimate of drug-likeness (QED) is 0.298. The number of esters is 1. The van der Waals surface area contributed by atoms with Crippen LogP contribution in [0.25, 0.3) is 0 Å². The fourth-order valence-corrected chi connectivity index (χ4v) is 1.69. The first kappa shape index (κ1) is 17.2. The molecule has 0 heterocycles. The van der Waals surface area contributed by atoms with Crippen LogP contribution in [0.1, 0.15) is 72.1 Å². The lowest BCUT2D eigenvalue weighted by atomic mass is 10.1. The highest BCUT2D eigenvalue weighted by atomic mass is 16.5. The SMILES string of the molecule is CCCCCCOC(=O)CCCCC=CC(C)C. The second-order valence-electron chi connectivity index (χ2n) is 5.20. The Bertz CT molecular complexity index is 219. The van der Waals surface area contributed by atoms with Crippen LogP contribution < -0.4 is 0 Å². The molecule has 0 N–H and O–H groups in total. The molecule has 0 fully saturated rings. The van der Waals surface area contributed by atoms with Gasteiger partial charge < -0.3 is 4.74 Å². The first-order chi connectivity index (χ1) is 8.66. The summed E-state index contributed by atoms with van der Waals surface area (Å²) < 4.78 is 5.18. The summed E-state index contributed by atoms with van der Waals surface area (Å²) in [6.45, 7) is 7.13. The van der Waals surface area contributed by atoms with Crippen LogP contribution in [0, 0.1) is 5.92 Å². The van der Waals surface area contributed by atoms with E-state index in [2.05, 4.69) is 32.9 Å². The van der Waals surface area contributed by atoms with Crippen molar-refractivity contribution in [1.29, 1.82) is 0 Å². The minimum atomic E-state index is -0.0284. The van der Waals surface area contributed by atoms with Gasteiger partial charge in [-0.05, 0) is 31.6 Å². The van der Waals surface area contributed by atoms with Gasteiger partial charge in [0.25, 0.3) is 0 Å². The van der Waals surface area contributed by atoms with Crippen LogP contribution in [0.3, 0.4) is 0 Å². The summed E-state index contributed by atoms with van der Waals surface area (Å²) >= 11 is 0. The van der Waals surface area contributed by atoms with E-state index in [4.69, 9.17) is 4.74 Å². The van der Waals surface area contributed by atoms with E-state index in [1.54, 1.807) is 0 Å². The van der Waals surface area contributed by atoms with E-state index >= 15 is 0 Å². The lowest BCUT2D eigenvalue weighted by molar-refractivity contribution is -0.143. The summed E-state index contributed by atoms with van der Waals surface area (Å²) in [6.07, 6.45) is 12.7. The molecule has 18 heavy (non-hydrogen) atoms. The predicted molar refractivity (Wildman–Crippen MR) is 77.5 cm³/mol. The van der Waals surface area contributed by atoms with Gasteiger partial charge in [-0.25, -0.2) is 0 Å². The third kappa shape index (κ3) is 13.3. The second kappa shape index (κ2) is 12.7. The van der Waals surface area contributed by atoms with Crippen LogP contribution in [0.5, 0.6) is 0 Å². The number of carbonyl (C=O) groups excluding carboxylic acids is 1. The first-order valence-corrected chi connectivity index (χ1v) is 7.49. The van der Waals surface area contributed by atoms with Gasteiger partial charge in [-0.15, -0.1) is 0 Å². The van der Waals surface area contributed by atoms with E-state index in [1.807, 2.05) is 0 Å². The molecule has 0 unspecified atom stereocenters. The van der Waals surface area contributed by atoms with Gasteiger partial charge in [-0.1, -0.05) is 52.2 Å². The van der Waals surface area contributed by atoms with Gasteiger partial charge in [0.05, 0.1) is 6.61 Å². The third-order valence-electron chi connectivity index (χ3n) is 2.78. The molecule has 0 amide bonds. The number of unbranched alkanes of at least 4 members (excludes halogenated alkanes) is 5. The first-order valence-electron chi connectivity index (χ1n) is 7.49. The standard InChI is InChI=1S/C16H30O2/c1-4-5-6-11-14-18-16(17)13-10-8-7-9-12-15(2)3/h9,12,15H,4-8,10-11,13-14H2,1-3H3. The summed E-state index contributed by atoms with van der Waals surface area (Å²) in [7, 11) is 0. The number of allylic oxidation sites excluding steroid dienone is 2. The molecule has 106 valence electrons. The molecule has 0 saturated heterocycles. The van der Waals surface area contributed by atoms with Gasteiger partial charge >= 0.3 is 5.97 Å². The fourth-order valence-electron chi connectivity index (χ4n) is 1.69. The Morgan fingerprint density at radius 2 is 1.89 bits per heavy atom. The molecule has 0 aromatic rings. The van der Waals surface area contributed by atoms with Crippen molar-refractivity contribution >= 4 is 5.97 Å². The minimum absolute atomic E-state index is 0.0284. The van der Waals surface area contributed by atoms with E-state index in [9.17, 15) is 4.79 Å². The van der Waals surface area contributed by atoms with Crippen molar-refractivity contribution in [3.63, 3.8) is 0 Å². The number of hydrogen-bond donors (Lipinski definition) is 0. The summed E-state index contributed by atoms with van der Waals surface area (Å²) in [5.41, 5.74) is 0. The van der Waals surface area contributed by atoms with Crippen molar-refractivity contribution in [3.8, 4) is 0 Å². The molecule has 0 atom stereocenters. The van der Waals surface area contributed by atoms with Crippen molar-refractivity contribution in [1.82, 2.24) is 0 Å². The van der Waals surface area contributed by atoms with Crippen LogP contribution in [-0.2, 0) is 9.53 Å². The molecule has 0 bridgehead atoms. The molecule has 0 aromatic heterocycles. The average Bonchev–Trinajstić information content (AvgIpc) is 2.33. The maximum absolute atomic E-state index is 11.4. The molecule has 2 nitrogen and oxygen atoms in total. The molecule has 0 aliphatic carbocycles. The summed E-state index contributed by atoms with van der Waals surface area (Å²) in [5.74, 6) is 0.595. The Morgan fingerprint density at radius 3 is 2.56 bits per heavy atom. The van der Waals surface area contributed by atoms with Gasteiger partial charge in [-0.3, -0.25) is 4.79 Å². The largest absolute Gasteiger partial charge is 0.466 e. The van der Waals surface area contributed by atoms with Crippen molar-refractivity contribution < 1.29 is 9.53 Å². The van der Waals surface area contributed by atoms with Crippen LogP contribution in [0.15, 0.2) is 12.2 Å². The summed E-state index contributed by atoms with van der Waals surface area (Å²) in [4.78, 5) is 11.4. The molecular weight excluding hydrogens is 224 g/mol. The lowest BCUT2D eigenvalue weighted by Crippen LogP contribution is -2.05. The normalized spacial score (nSPS) is 11.3. The molecule has 2 heteroatoms. The maximum atomic E-state index is 11.4. The van der Waals surface area contributed by atoms with Crippen molar-refractivity contribution in [2.24, 2.45) is 5.92 Å². The lowest BCUT2D eigenvalue weighted by Gasteiger charge is -2.04. The third-order valence-corrected chi connectivity index (χ3v) is 2.78. The highest BCUT2D eigenvalue weighted by Crippen LogP contribution is 2.05. The Labute approximate surface area is 113 Å². The number of carbonyl (C=O) groups is 1. The van der Waals surface area contributed by atoms with Crippen LogP contribution in [0.2, 0.25) is 0 Å². The number of hydrogen-bond acceptors (Lipinski definition) is 2. The van der Waals surface area contributed by atoms with Crippen molar-refractivity contribution in [2.45, 2.75) is 72.1 Å². The molecule has 0 spiro atoms. The molecule has 0 radical (unpaired) electrons. The van der Waals surface area contributed by atoms with E-state index in [-0.39, 0.29) is 5.97 Å². The molecule has 0 aliphatic heterocycles. The molecule has 0 aromatic carbocycles. The van der Waals surface area contributed by atoms with Crippen LogP contribution >= 0.6 is 0 Å². The Kier molecular flexibility index (Phi) is 12.1. The van der Waals surface area contributed by atoms with Gasteiger partial charge in [0, 0.05) is 6.42 Å². The van der Waals surface area contributed by atoms with Gasteiger partial charge in [0.15, 0.2) is 0 Å². The van der Waals surface area contributed by atoms with E-state index in [1.165, 1.54) is 19.3 Å². The predicted octanol–water partition coefficient (Wildman–Crippen LogP) is 4.88. The van der Waals surface area contributed by atoms with Crippen molar-refractivity contribution in [2.75, 3.05) is 6.61 Å². The second-order valence-corrected chi connectivity index (χ2v) is 5.20. The molecule has 0 saturated carbocycles. The summed E-state index contributed by atoms with van der Waals surface area (Å²) in [6, 6.07) is 0. The van der Waals surface area contributed by atoms with Gasteiger partial charge in [-0.2, -0.15) is 0 Å². The van der Waals surface area contributed by atoms with E-state index in [0.717, 1.165) is 25.7 Å². The zero-order valence-corrected chi connectivity index (χ0v) is 12.4. The Hall–Kier alpha value is -0.790. The zero-order chi connectivity index (χ0) is 13.6. The van der Waals surface area contributed by atoms with Gasteiger partial charge in [0.1, 0.15) is 0 Å². The number of rotatable bonds is 11. The van der Waals surface area contributed by atoms with Crippen LogP contribution in [-0.4, -0.2) is 12.6 Å². The average molecular weight is 254 g/mol. The highest BCUT2D eigenvalue weighted by Gasteiger charge is 2.01.